The minimum absolute atomic E-state index is 0. The van der Waals surface area contributed by atoms with Crippen LogP contribution in [0.25, 0.3) is 11.1 Å². The Hall–Kier alpha value is -3.75. The molecule has 0 aliphatic rings. The lowest BCUT2D eigenvalue weighted by Gasteiger charge is -2.15. The van der Waals surface area contributed by atoms with E-state index in [-0.39, 0.29) is 19.0 Å². The van der Waals surface area contributed by atoms with Gasteiger partial charge in [-0.05, 0) is 77.6 Å². The van der Waals surface area contributed by atoms with Crippen molar-refractivity contribution >= 4 is 12.4 Å². The second kappa shape index (κ2) is 11.6. The number of nitrogens with two attached hydrogens (primary N) is 1. The summed E-state index contributed by atoms with van der Waals surface area (Å²) in [6.07, 6.45) is 0. The minimum atomic E-state index is -0.770. The van der Waals surface area contributed by atoms with Gasteiger partial charge in [-0.2, -0.15) is 0 Å². The molecule has 0 aliphatic heterocycles. The largest absolute Gasteiger partial charge is 0.492 e. The number of halogens is 1. The van der Waals surface area contributed by atoms with Gasteiger partial charge >= 0.3 is 11.4 Å². The summed E-state index contributed by atoms with van der Waals surface area (Å²) in [5.41, 5.74) is 11.4. The molecule has 4 aromatic rings. The van der Waals surface area contributed by atoms with Crippen LogP contribution in [0, 0.1) is 13.8 Å². The van der Waals surface area contributed by atoms with Crippen LogP contribution in [0.4, 0.5) is 0 Å². The molecular weight excluding hydrogens is 470 g/mol. The molecule has 0 spiro atoms. The van der Waals surface area contributed by atoms with Crippen molar-refractivity contribution in [1.82, 2.24) is 9.72 Å². The molecule has 3 N–H and O–H groups in total. The fourth-order valence-electron chi connectivity index (χ4n) is 3.90. The molecule has 3 aromatic carbocycles. The molecule has 0 fully saturated rings. The number of rotatable bonds is 9. The minimum Gasteiger partial charge on any atom is -0.492 e. The Labute approximate surface area is 208 Å². The number of nitrogens with one attached hydrogen (secondary N) is 1. The number of H-pyrrole nitrogens is 1. The van der Waals surface area contributed by atoms with Crippen molar-refractivity contribution in [3.05, 3.63) is 104 Å². The van der Waals surface area contributed by atoms with Gasteiger partial charge < -0.3 is 19.7 Å². The van der Waals surface area contributed by atoms with Crippen LogP contribution < -0.4 is 26.7 Å². The number of benzene rings is 3. The van der Waals surface area contributed by atoms with Gasteiger partial charge in [0.2, 0.25) is 0 Å². The first-order valence-corrected chi connectivity index (χ1v) is 11.0. The number of nitrogens with zero attached hydrogens (tertiary/aromatic N) is 1. The maximum absolute atomic E-state index is 11.6. The summed E-state index contributed by atoms with van der Waals surface area (Å²) in [5, 5.41) is 0. The Morgan fingerprint density at radius 3 is 2.26 bits per heavy atom. The molecule has 0 amide bonds. The van der Waals surface area contributed by atoms with Crippen molar-refractivity contribution in [3.8, 4) is 22.6 Å². The van der Waals surface area contributed by atoms with Gasteiger partial charge in [-0.25, -0.2) is 14.6 Å². The summed E-state index contributed by atoms with van der Waals surface area (Å²) in [7, 11) is 0. The lowest BCUT2D eigenvalue weighted by Crippen LogP contribution is -2.17. The molecule has 0 radical (unpaired) electrons. The van der Waals surface area contributed by atoms with E-state index in [4.69, 9.17) is 19.7 Å². The Kier molecular flexibility index (Phi) is 8.57. The monoisotopic (exact) mass is 497 g/mol. The van der Waals surface area contributed by atoms with Crippen molar-refractivity contribution < 1.29 is 14.0 Å². The van der Waals surface area contributed by atoms with E-state index >= 15 is 0 Å². The zero-order valence-electron chi connectivity index (χ0n) is 19.6. The van der Waals surface area contributed by atoms with Crippen molar-refractivity contribution in [2.24, 2.45) is 5.73 Å². The number of aromatic nitrogens is 2. The Morgan fingerprint density at radius 2 is 1.63 bits per heavy atom. The zero-order valence-corrected chi connectivity index (χ0v) is 20.4. The van der Waals surface area contributed by atoms with E-state index in [1.54, 1.807) is 0 Å². The van der Waals surface area contributed by atoms with Crippen molar-refractivity contribution in [1.29, 1.82) is 0 Å². The Bertz CT molecular complexity index is 1370. The van der Waals surface area contributed by atoms with E-state index in [0.29, 0.717) is 25.5 Å². The first-order chi connectivity index (χ1) is 16.4. The predicted octanol–water partition coefficient (Wildman–Crippen LogP) is 3.80. The fourth-order valence-corrected chi connectivity index (χ4v) is 3.90. The quantitative estimate of drug-likeness (QED) is 0.363. The van der Waals surface area contributed by atoms with Crippen LogP contribution >= 0.6 is 12.4 Å². The summed E-state index contributed by atoms with van der Waals surface area (Å²) < 4.78 is 17.4. The average Bonchev–Trinajstić information content (AvgIpc) is 3.13. The van der Waals surface area contributed by atoms with E-state index in [1.807, 2.05) is 48.5 Å². The fraction of sp³-hybridized carbons (Fsp3) is 0.231. The van der Waals surface area contributed by atoms with Crippen LogP contribution in [-0.4, -0.2) is 22.9 Å². The number of hydrogen-bond acceptors (Lipinski definition) is 6. The summed E-state index contributed by atoms with van der Waals surface area (Å²) >= 11 is 0. The third kappa shape index (κ3) is 6.44. The molecule has 0 aliphatic carbocycles. The topological polar surface area (TPSA) is 112 Å². The lowest BCUT2D eigenvalue weighted by molar-refractivity contribution is 0.258. The van der Waals surface area contributed by atoms with Crippen molar-refractivity contribution in [3.63, 3.8) is 0 Å². The first-order valence-electron chi connectivity index (χ1n) is 11.0. The maximum atomic E-state index is 11.6. The zero-order chi connectivity index (χ0) is 24.1. The van der Waals surface area contributed by atoms with Crippen LogP contribution in [0.2, 0.25) is 0 Å². The molecule has 1 aromatic heterocycles. The van der Waals surface area contributed by atoms with Gasteiger partial charge in [0, 0.05) is 6.54 Å². The van der Waals surface area contributed by atoms with Crippen molar-refractivity contribution in [2.75, 3.05) is 13.2 Å². The lowest BCUT2D eigenvalue weighted by atomic mass is 9.94. The van der Waals surface area contributed by atoms with E-state index in [9.17, 15) is 9.59 Å². The van der Waals surface area contributed by atoms with Gasteiger partial charge in [-0.3, -0.25) is 0 Å². The van der Waals surface area contributed by atoms with Gasteiger partial charge in [0.05, 0.1) is 6.54 Å². The third-order valence-corrected chi connectivity index (χ3v) is 5.39. The normalized spacial score (nSPS) is 10.6. The summed E-state index contributed by atoms with van der Waals surface area (Å²) in [5.74, 6) is 0.759. The Balaban J connectivity index is 0.00000342. The summed E-state index contributed by atoms with van der Waals surface area (Å²) in [4.78, 5) is 24.7. The summed E-state index contributed by atoms with van der Waals surface area (Å²) in [6, 6.07) is 19.6. The molecule has 1 heterocycles. The third-order valence-electron chi connectivity index (χ3n) is 5.39. The predicted molar refractivity (Wildman–Crippen MR) is 137 cm³/mol. The van der Waals surface area contributed by atoms with Crippen molar-refractivity contribution in [2.45, 2.75) is 27.0 Å². The molecule has 9 heteroatoms. The van der Waals surface area contributed by atoms with Crippen LogP contribution in [0.3, 0.4) is 0 Å². The highest BCUT2D eigenvalue weighted by molar-refractivity contribution is 5.85. The molecule has 0 unspecified atom stereocenters. The number of aromatic amines is 1. The molecule has 35 heavy (non-hydrogen) atoms. The molecule has 0 atom stereocenters. The molecule has 8 nitrogen and oxygen atoms in total. The highest BCUT2D eigenvalue weighted by atomic mass is 35.5. The van der Waals surface area contributed by atoms with Crippen LogP contribution in [0.15, 0.2) is 74.8 Å². The highest BCUT2D eigenvalue weighted by Gasteiger charge is 2.10. The van der Waals surface area contributed by atoms with Gasteiger partial charge in [-0.1, -0.05) is 30.3 Å². The van der Waals surface area contributed by atoms with Gasteiger partial charge in [0.15, 0.2) is 0 Å². The standard InChI is InChI=1S/C26H27N3O5.ClH/c1-17-12-23(32-11-10-27)13-18(2)24(17)21-5-3-4-20(14-21)16-33-22-8-6-19(7-9-22)15-29-25(30)28-26(31)34-29;/h3-9,12-14H,10-11,15-16,27H2,1-2H3,(H,28,30,31);1H. The molecule has 0 saturated heterocycles. The molecule has 0 saturated carbocycles. The maximum Gasteiger partial charge on any atom is 0.440 e. The number of aryl methyl sites for hydroxylation is 2. The second-order valence-electron chi connectivity index (χ2n) is 8.05. The van der Waals surface area contributed by atoms with Gasteiger partial charge in [0.25, 0.3) is 0 Å². The molecule has 0 bridgehead atoms. The van der Waals surface area contributed by atoms with Gasteiger partial charge in [-0.15, -0.1) is 17.1 Å². The Morgan fingerprint density at radius 1 is 0.914 bits per heavy atom. The summed E-state index contributed by atoms with van der Waals surface area (Å²) in [6.45, 7) is 5.71. The van der Waals surface area contributed by atoms with Gasteiger partial charge in [0.1, 0.15) is 24.7 Å². The number of hydrogen-bond donors (Lipinski definition) is 2. The van der Waals surface area contributed by atoms with Crippen LogP contribution in [0.1, 0.15) is 22.3 Å². The molecule has 4 rings (SSSR count). The smallest absolute Gasteiger partial charge is 0.440 e. The van der Waals surface area contributed by atoms with E-state index < -0.39 is 11.4 Å². The van der Waals surface area contributed by atoms with Crippen LogP contribution in [0.5, 0.6) is 11.5 Å². The second-order valence-corrected chi connectivity index (χ2v) is 8.05. The first kappa shape index (κ1) is 25.9. The van der Waals surface area contributed by atoms with E-state index in [0.717, 1.165) is 38.3 Å². The number of ether oxygens (including phenoxy) is 2. The molecule has 184 valence electrons. The average molecular weight is 498 g/mol. The SMILES string of the molecule is Cc1cc(OCCN)cc(C)c1-c1cccc(COc2ccc(Cn3oc(=O)[nH]c3=O)cc2)c1.Cl. The van der Waals surface area contributed by atoms with E-state index in [2.05, 4.69) is 31.0 Å². The highest BCUT2D eigenvalue weighted by Crippen LogP contribution is 2.31. The van der Waals surface area contributed by atoms with E-state index in [1.165, 1.54) is 5.56 Å². The van der Waals surface area contributed by atoms with Crippen LogP contribution in [-0.2, 0) is 13.2 Å². The molecular formula is C26H28ClN3O5.